The number of methoxy groups -OCH3 is 2. The van der Waals surface area contributed by atoms with E-state index in [0.29, 0.717) is 11.5 Å². The Bertz CT molecular complexity index is 2340. The van der Waals surface area contributed by atoms with Crippen molar-refractivity contribution < 1.29 is 41.0 Å². The quantitative estimate of drug-likeness (QED) is 0.0995. The molecule has 11 nitrogen and oxygen atoms in total. The molecule has 0 aliphatic carbocycles. The number of anilines is 2. The minimum Gasteiger partial charge on any atom is -0.497 e. The molecule has 310 valence electrons. The molecule has 1 saturated heterocycles. The summed E-state index contributed by atoms with van der Waals surface area (Å²) in [5.41, 5.74) is -2.93. The standard InChI is InChI=1S/C42H41ClF5N7O4/c1-24-19-32(54(21-25-7-11-28(57-5)12-8-25)22-26-9-13-29(58-6)14-10-26)50-37(34(24)42(46,47)48)33-31(43)20-30-36(35(33)44)51-39(45)52-38(30)53-17-18-55(27(23-53)15-16-49)40(56)59-41(2,3)4/h7-14,19-20,27H,15,17-18,21-23H2,1-6H3. The highest BCUT2D eigenvalue weighted by atomic mass is 35.5. The number of rotatable bonds is 10. The number of alkyl halides is 3. The third-order valence-electron chi connectivity index (χ3n) is 9.69. The highest BCUT2D eigenvalue weighted by molar-refractivity contribution is 6.34. The van der Waals surface area contributed by atoms with Crippen molar-refractivity contribution in [1.82, 2.24) is 19.9 Å². The van der Waals surface area contributed by atoms with Gasteiger partial charge >= 0.3 is 18.3 Å². The second-order valence-electron chi connectivity index (χ2n) is 15.0. The molecule has 0 spiro atoms. The lowest BCUT2D eigenvalue weighted by Gasteiger charge is -2.41. The Morgan fingerprint density at radius 2 is 1.53 bits per heavy atom. The maximum Gasteiger partial charge on any atom is 0.418 e. The number of amides is 1. The van der Waals surface area contributed by atoms with Gasteiger partial charge in [-0.3, -0.25) is 0 Å². The molecule has 0 radical (unpaired) electrons. The summed E-state index contributed by atoms with van der Waals surface area (Å²) >= 11 is 6.76. The lowest BCUT2D eigenvalue weighted by molar-refractivity contribution is -0.137. The molecule has 3 heterocycles. The summed E-state index contributed by atoms with van der Waals surface area (Å²) in [4.78, 5) is 29.8. The average molecular weight is 838 g/mol. The van der Waals surface area contributed by atoms with Gasteiger partial charge in [-0.15, -0.1) is 0 Å². The molecule has 1 aliphatic heterocycles. The van der Waals surface area contributed by atoms with Crippen molar-refractivity contribution in [2.75, 3.05) is 43.7 Å². The molecule has 5 aromatic rings. The summed E-state index contributed by atoms with van der Waals surface area (Å²) < 4.78 is 93.4. The van der Waals surface area contributed by atoms with Crippen LogP contribution in [0.15, 0.2) is 60.7 Å². The SMILES string of the molecule is COc1ccc(CN(Cc2ccc(OC)cc2)c2cc(C)c(C(F)(F)F)c(-c3c(Cl)cc4c(N5CCN(C(=O)OC(C)(C)C)C(CC#N)C5)nc(F)nc4c3F)n2)cc1. The zero-order valence-corrected chi connectivity index (χ0v) is 33.9. The van der Waals surface area contributed by atoms with E-state index >= 15 is 8.78 Å². The number of aryl methyl sites for hydroxylation is 1. The summed E-state index contributed by atoms with van der Waals surface area (Å²) in [6.07, 6.45) is -7.13. The Morgan fingerprint density at radius 3 is 2.05 bits per heavy atom. The van der Waals surface area contributed by atoms with E-state index in [1.807, 2.05) is 30.3 Å². The molecule has 0 saturated carbocycles. The molecule has 0 bridgehead atoms. The molecule has 1 aliphatic rings. The van der Waals surface area contributed by atoms with Gasteiger partial charge in [-0.2, -0.15) is 32.8 Å². The maximum absolute atomic E-state index is 17.0. The van der Waals surface area contributed by atoms with E-state index in [-0.39, 0.29) is 61.7 Å². The first-order valence-corrected chi connectivity index (χ1v) is 18.8. The van der Waals surface area contributed by atoms with Gasteiger partial charge in [-0.1, -0.05) is 35.9 Å². The number of piperazine rings is 1. The van der Waals surface area contributed by atoms with E-state index in [4.69, 9.17) is 25.8 Å². The van der Waals surface area contributed by atoms with Crippen molar-refractivity contribution in [3.8, 4) is 28.8 Å². The van der Waals surface area contributed by atoms with Gasteiger partial charge in [0.2, 0.25) is 0 Å². The normalized spacial score (nSPS) is 14.6. The van der Waals surface area contributed by atoms with Crippen LogP contribution in [0, 0.1) is 30.2 Å². The molecule has 59 heavy (non-hydrogen) atoms. The van der Waals surface area contributed by atoms with E-state index in [1.54, 1.807) is 54.8 Å². The van der Waals surface area contributed by atoms with Gasteiger partial charge in [0.25, 0.3) is 0 Å². The number of fused-ring (bicyclic) bond motifs is 1. The van der Waals surface area contributed by atoms with Crippen LogP contribution in [0.25, 0.3) is 22.2 Å². The number of hydrogen-bond donors (Lipinski definition) is 0. The van der Waals surface area contributed by atoms with Crippen LogP contribution < -0.4 is 19.3 Å². The minimum absolute atomic E-state index is 0.0292. The Kier molecular flexibility index (Phi) is 12.4. The number of aromatic nitrogens is 3. The highest BCUT2D eigenvalue weighted by Crippen LogP contribution is 2.45. The predicted molar refractivity (Wildman–Crippen MR) is 212 cm³/mol. The Morgan fingerprint density at radius 1 is 0.932 bits per heavy atom. The van der Waals surface area contributed by atoms with Gasteiger partial charge in [0.15, 0.2) is 5.82 Å². The average Bonchev–Trinajstić information content (AvgIpc) is 3.17. The van der Waals surface area contributed by atoms with Crippen LogP contribution in [-0.2, 0) is 24.0 Å². The number of hydrogen-bond acceptors (Lipinski definition) is 10. The second-order valence-corrected chi connectivity index (χ2v) is 15.4. The lowest BCUT2D eigenvalue weighted by Crippen LogP contribution is -2.56. The van der Waals surface area contributed by atoms with E-state index in [0.717, 1.165) is 11.1 Å². The number of nitriles is 1. The van der Waals surface area contributed by atoms with Gasteiger partial charge in [0, 0.05) is 38.1 Å². The Balaban J connectivity index is 1.47. The summed E-state index contributed by atoms with van der Waals surface area (Å²) in [6.45, 7) is 6.78. The molecule has 17 heteroatoms. The number of nitrogens with zero attached hydrogens (tertiary/aromatic N) is 7. The first-order chi connectivity index (χ1) is 27.9. The third-order valence-corrected chi connectivity index (χ3v) is 9.98. The summed E-state index contributed by atoms with van der Waals surface area (Å²) in [6, 6.07) is 18.0. The fourth-order valence-electron chi connectivity index (χ4n) is 6.98. The number of benzene rings is 3. The van der Waals surface area contributed by atoms with E-state index in [2.05, 4.69) is 15.0 Å². The van der Waals surface area contributed by atoms with Crippen molar-refractivity contribution >= 4 is 40.2 Å². The molecular weight excluding hydrogens is 797 g/mol. The molecule has 3 aromatic carbocycles. The van der Waals surface area contributed by atoms with Crippen LogP contribution >= 0.6 is 11.6 Å². The monoisotopic (exact) mass is 837 g/mol. The van der Waals surface area contributed by atoms with E-state index in [1.165, 1.54) is 38.2 Å². The molecule has 1 unspecified atom stereocenters. The van der Waals surface area contributed by atoms with Crippen LogP contribution in [-0.4, -0.2) is 71.4 Å². The number of halogens is 6. The van der Waals surface area contributed by atoms with Gasteiger partial charge < -0.3 is 28.9 Å². The van der Waals surface area contributed by atoms with Gasteiger partial charge in [0.05, 0.1) is 54.6 Å². The van der Waals surface area contributed by atoms with Crippen molar-refractivity contribution in [1.29, 1.82) is 5.26 Å². The smallest absolute Gasteiger partial charge is 0.418 e. The van der Waals surface area contributed by atoms with Crippen LogP contribution in [0.5, 0.6) is 11.5 Å². The molecule has 1 fully saturated rings. The maximum atomic E-state index is 17.0. The zero-order valence-electron chi connectivity index (χ0n) is 33.1. The zero-order chi connectivity index (χ0) is 42.8. The largest absolute Gasteiger partial charge is 0.497 e. The first kappa shape index (κ1) is 42.7. The van der Waals surface area contributed by atoms with Crippen molar-refractivity contribution in [3.63, 3.8) is 0 Å². The molecule has 1 atom stereocenters. The van der Waals surface area contributed by atoms with Crippen LogP contribution in [0.3, 0.4) is 0 Å². The summed E-state index contributed by atoms with van der Waals surface area (Å²) in [5.74, 6) is -0.172. The number of carbonyl (C=O) groups excluding carboxylic acids is 1. The topological polar surface area (TPSA) is 117 Å². The summed E-state index contributed by atoms with van der Waals surface area (Å²) in [7, 11) is 3.06. The molecule has 0 N–H and O–H groups in total. The first-order valence-electron chi connectivity index (χ1n) is 18.5. The molecule has 6 rings (SSSR count). The number of pyridine rings is 1. The van der Waals surface area contributed by atoms with Crippen molar-refractivity contribution in [3.05, 3.63) is 99.8 Å². The Hall–Kier alpha value is -5.95. The second kappa shape index (κ2) is 17.1. The van der Waals surface area contributed by atoms with Crippen molar-refractivity contribution in [2.45, 2.75) is 65.0 Å². The summed E-state index contributed by atoms with van der Waals surface area (Å²) in [5, 5.41) is 9.02. The van der Waals surface area contributed by atoms with Crippen LogP contribution in [0.4, 0.5) is 38.4 Å². The van der Waals surface area contributed by atoms with Gasteiger partial charge in [-0.25, -0.2) is 14.2 Å². The highest BCUT2D eigenvalue weighted by Gasteiger charge is 2.40. The Labute approximate surface area is 342 Å². The minimum atomic E-state index is -5.02. The van der Waals surface area contributed by atoms with Gasteiger partial charge in [0.1, 0.15) is 34.3 Å². The molecular formula is C42H41ClF5N7O4. The lowest BCUT2D eigenvalue weighted by atomic mass is 9.98. The van der Waals surface area contributed by atoms with Crippen molar-refractivity contribution in [2.24, 2.45) is 0 Å². The number of ether oxygens (including phenoxy) is 3. The predicted octanol–water partition coefficient (Wildman–Crippen LogP) is 9.51. The fourth-order valence-corrected chi connectivity index (χ4v) is 7.26. The van der Waals surface area contributed by atoms with E-state index < -0.39 is 63.2 Å². The van der Waals surface area contributed by atoms with Crippen LogP contribution in [0.2, 0.25) is 5.02 Å². The van der Waals surface area contributed by atoms with Crippen LogP contribution in [0.1, 0.15) is 49.4 Å². The molecule has 2 aromatic heterocycles. The van der Waals surface area contributed by atoms with Gasteiger partial charge in [-0.05, 0) is 80.8 Å². The third kappa shape index (κ3) is 9.52. The number of carbonyl (C=O) groups is 1. The van der Waals surface area contributed by atoms with E-state index in [9.17, 15) is 23.2 Å². The fraction of sp³-hybridized carbons (Fsp3) is 0.357. The molecule has 1 amide bonds.